The third-order valence-electron chi connectivity index (χ3n) is 3.39. The van der Waals surface area contributed by atoms with Gasteiger partial charge in [-0.1, -0.05) is 43.3 Å². The van der Waals surface area contributed by atoms with Crippen LogP contribution < -0.4 is 15.4 Å². The van der Waals surface area contributed by atoms with Crippen molar-refractivity contribution < 1.29 is 4.74 Å². The Labute approximate surface area is 127 Å². The number of para-hydroxylation sites is 1. The van der Waals surface area contributed by atoms with Crippen LogP contribution in [0.3, 0.4) is 0 Å². The Balaban J connectivity index is 2.27. The van der Waals surface area contributed by atoms with Crippen molar-refractivity contribution in [3.63, 3.8) is 0 Å². The zero-order valence-corrected chi connectivity index (χ0v) is 12.9. The molecule has 0 aliphatic rings. The highest BCUT2D eigenvalue weighted by molar-refractivity contribution is 5.74. The van der Waals surface area contributed by atoms with Crippen LogP contribution in [0.5, 0.6) is 5.75 Å². The SMILES string of the molecule is CCCN(Cc1ccccc1)c1cccc(OCC)c1N. The standard InChI is InChI=1S/C18H24N2O/c1-3-13-20(14-15-9-6-5-7-10-15)16-11-8-12-17(18(16)19)21-4-2/h5-12H,3-4,13-14,19H2,1-2H3. The van der Waals surface area contributed by atoms with Crippen molar-refractivity contribution in [1.82, 2.24) is 0 Å². The Bertz CT molecular complexity index is 554. The number of hydrogen-bond acceptors (Lipinski definition) is 3. The number of benzene rings is 2. The largest absolute Gasteiger partial charge is 0.492 e. The summed E-state index contributed by atoms with van der Waals surface area (Å²) in [6.45, 7) is 6.60. The van der Waals surface area contributed by atoms with E-state index in [9.17, 15) is 0 Å². The summed E-state index contributed by atoms with van der Waals surface area (Å²) in [6, 6.07) is 16.5. The molecule has 0 spiro atoms. The molecule has 0 aliphatic carbocycles. The molecule has 0 saturated heterocycles. The molecule has 0 amide bonds. The van der Waals surface area contributed by atoms with E-state index in [0.717, 1.165) is 36.6 Å². The topological polar surface area (TPSA) is 38.5 Å². The van der Waals surface area contributed by atoms with Crippen LogP contribution in [0.4, 0.5) is 11.4 Å². The molecule has 0 radical (unpaired) electrons. The predicted octanol–water partition coefficient (Wildman–Crippen LogP) is 4.08. The van der Waals surface area contributed by atoms with E-state index in [4.69, 9.17) is 10.5 Å². The second-order valence-electron chi connectivity index (χ2n) is 5.03. The van der Waals surface area contributed by atoms with E-state index in [1.807, 2.05) is 25.1 Å². The molecular formula is C18H24N2O. The second-order valence-corrected chi connectivity index (χ2v) is 5.03. The number of nitrogen functional groups attached to an aromatic ring is 1. The Morgan fingerprint density at radius 1 is 1.00 bits per heavy atom. The van der Waals surface area contributed by atoms with Crippen molar-refractivity contribution in [3.8, 4) is 5.75 Å². The van der Waals surface area contributed by atoms with Gasteiger partial charge in [-0.25, -0.2) is 0 Å². The molecule has 2 aromatic carbocycles. The molecule has 2 aromatic rings. The minimum Gasteiger partial charge on any atom is -0.492 e. The van der Waals surface area contributed by atoms with Crippen LogP contribution >= 0.6 is 0 Å². The Hall–Kier alpha value is -2.16. The third kappa shape index (κ3) is 3.91. The maximum Gasteiger partial charge on any atom is 0.144 e. The Kier molecular flexibility index (Phi) is 5.50. The van der Waals surface area contributed by atoms with Crippen molar-refractivity contribution in [1.29, 1.82) is 0 Å². The van der Waals surface area contributed by atoms with Gasteiger partial charge in [-0.2, -0.15) is 0 Å². The molecule has 2 rings (SSSR count). The summed E-state index contributed by atoms with van der Waals surface area (Å²) in [5.41, 5.74) is 9.35. The molecule has 2 N–H and O–H groups in total. The van der Waals surface area contributed by atoms with Crippen LogP contribution in [-0.2, 0) is 6.54 Å². The van der Waals surface area contributed by atoms with Gasteiger partial charge in [-0.05, 0) is 31.0 Å². The number of anilines is 2. The predicted molar refractivity (Wildman–Crippen MR) is 89.8 cm³/mol. The van der Waals surface area contributed by atoms with E-state index >= 15 is 0 Å². The van der Waals surface area contributed by atoms with Crippen molar-refractivity contribution in [3.05, 3.63) is 54.1 Å². The van der Waals surface area contributed by atoms with Crippen LogP contribution in [0.1, 0.15) is 25.8 Å². The Morgan fingerprint density at radius 3 is 2.43 bits per heavy atom. The number of ether oxygens (including phenoxy) is 1. The first kappa shape index (κ1) is 15.2. The number of nitrogens with two attached hydrogens (primary N) is 1. The summed E-state index contributed by atoms with van der Waals surface area (Å²) in [7, 11) is 0. The van der Waals surface area contributed by atoms with E-state index in [2.05, 4.69) is 42.2 Å². The first-order valence-electron chi connectivity index (χ1n) is 7.56. The van der Waals surface area contributed by atoms with Gasteiger partial charge in [-0.15, -0.1) is 0 Å². The zero-order valence-electron chi connectivity index (χ0n) is 12.9. The summed E-state index contributed by atoms with van der Waals surface area (Å²) < 4.78 is 5.60. The minimum absolute atomic E-state index is 0.625. The fourth-order valence-electron chi connectivity index (χ4n) is 2.45. The molecule has 0 atom stereocenters. The van der Waals surface area contributed by atoms with Gasteiger partial charge in [0.1, 0.15) is 5.75 Å². The first-order chi connectivity index (χ1) is 10.3. The minimum atomic E-state index is 0.625. The molecule has 0 aliphatic heterocycles. The quantitative estimate of drug-likeness (QED) is 0.778. The highest BCUT2D eigenvalue weighted by Crippen LogP contribution is 2.33. The molecule has 0 bridgehead atoms. The normalized spacial score (nSPS) is 10.4. The van der Waals surface area contributed by atoms with E-state index in [1.54, 1.807) is 0 Å². The lowest BCUT2D eigenvalue weighted by molar-refractivity contribution is 0.342. The average Bonchev–Trinajstić information content (AvgIpc) is 2.50. The molecular weight excluding hydrogens is 260 g/mol. The molecule has 0 unspecified atom stereocenters. The zero-order chi connectivity index (χ0) is 15.1. The maximum absolute atomic E-state index is 6.29. The van der Waals surface area contributed by atoms with E-state index in [0.29, 0.717) is 6.61 Å². The fraction of sp³-hybridized carbons (Fsp3) is 0.333. The van der Waals surface area contributed by atoms with Gasteiger partial charge in [0, 0.05) is 13.1 Å². The molecule has 21 heavy (non-hydrogen) atoms. The summed E-state index contributed by atoms with van der Waals surface area (Å²) >= 11 is 0. The summed E-state index contributed by atoms with van der Waals surface area (Å²) in [6.07, 6.45) is 1.07. The second kappa shape index (κ2) is 7.58. The van der Waals surface area contributed by atoms with Crippen molar-refractivity contribution in [2.75, 3.05) is 23.8 Å². The molecule has 3 nitrogen and oxygen atoms in total. The van der Waals surface area contributed by atoms with Gasteiger partial charge in [0.25, 0.3) is 0 Å². The first-order valence-corrected chi connectivity index (χ1v) is 7.56. The highest BCUT2D eigenvalue weighted by Gasteiger charge is 2.13. The van der Waals surface area contributed by atoms with Crippen LogP contribution in [0.25, 0.3) is 0 Å². The Morgan fingerprint density at radius 2 is 1.76 bits per heavy atom. The highest BCUT2D eigenvalue weighted by atomic mass is 16.5. The van der Waals surface area contributed by atoms with Crippen LogP contribution in [0, 0.1) is 0 Å². The smallest absolute Gasteiger partial charge is 0.144 e. The molecule has 0 fully saturated rings. The van der Waals surface area contributed by atoms with E-state index in [-0.39, 0.29) is 0 Å². The number of hydrogen-bond donors (Lipinski definition) is 1. The van der Waals surface area contributed by atoms with Crippen molar-refractivity contribution in [2.45, 2.75) is 26.8 Å². The van der Waals surface area contributed by atoms with Gasteiger partial charge in [0.2, 0.25) is 0 Å². The summed E-state index contributed by atoms with van der Waals surface area (Å²) in [5.74, 6) is 0.768. The molecule has 3 heteroatoms. The van der Waals surface area contributed by atoms with Crippen molar-refractivity contribution >= 4 is 11.4 Å². The fourth-order valence-corrected chi connectivity index (χ4v) is 2.45. The number of nitrogens with zero attached hydrogens (tertiary/aromatic N) is 1. The van der Waals surface area contributed by atoms with Gasteiger partial charge < -0.3 is 15.4 Å². The molecule has 112 valence electrons. The lowest BCUT2D eigenvalue weighted by Gasteiger charge is -2.26. The molecule has 0 saturated carbocycles. The van der Waals surface area contributed by atoms with Crippen LogP contribution in [0.15, 0.2) is 48.5 Å². The maximum atomic E-state index is 6.29. The van der Waals surface area contributed by atoms with Crippen LogP contribution in [-0.4, -0.2) is 13.2 Å². The van der Waals surface area contributed by atoms with Gasteiger partial charge >= 0.3 is 0 Å². The van der Waals surface area contributed by atoms with Gasteiger partial charge in [0.15, 0.2) is 0 Å². The lowest BCUT2D eigenvalue weighted by Crippen LogP contribution is -2.24. The third-order valence-corrected chi connectivity index (χ3v) is 3.39. The number of rotatable bonds is 7. The summed E-state index contributed by atoms with van der Waals surface area (Å²) in [5, 5.41) is 0. The lowest BCUT2D eigenvalue weighted by atomic mass is 10.1. The van der Waals surface area contributed by atoms with E-state index < -0.39 is 0 Å². The average molecular weight is 284 g/mol. The van der Waals surface area contributed by atoms with Crippen LogP contribution in [0.2, 0.25) is 0 Å². The van der Waals surface area contributed by atoms with Gasteiger partial charge in [0.05, 0.1) is 18.0 Å². The molecule has 0 heterocycles. The van der Waals surface area contributed by atoms with E-state index in [1.165, 1.54) is 5.56 Å². The molecule has 0 aromatic heterocycles. The monoisotopic (exact) mass is 284 g/mol. The summed E-state index contributed by atoms with van der Waals surface area (Å²) in [4.78, 5) is 2.31. The van der Waals surface area contributed by atoms with Gasteiger partial charge in [-0.3, -0.25) is 0 Å². The van der Waals surface area contributed by atoms with Crippen molar-refractivity contribution in [2.24, 2.45) is 0 Å².